The van der Waals surface area contributed by atoms with Crippen LogP contribution in [0, 0.1) is 0 Å². The molecule has 3 rings (SSSR count). The van der Waals surface area contributed by atoms with E-state index in [0.717, 1.165) is 0 Å². The predicted octanol–water partition coefficient (Wildman–Crippen LogP) is -2.45. The molecule has 0 aliphatic carbocycles. The number of carboxylic acid groups (broad SMARTS) is 3. The standard InChI is InChI=1S/C25H30N8O10/c26-25-31-20-19(22(39)32-25)33(11-34)14(10-28-20)9-27-13-3-1-12(2-4-13)21(38)30-16(24(42)43)5-7-17(35)29-15(23(40)41)6-8-18(36)37/h1-4,11,14-16,19,27H,5-10H2,(H,29,35)(H,30,38)(H,36,37)(H,40,41)(H,42,43)(H3,26,28,31,32,39)/t14-,15-,16-,19?/m0/s1. The number of nitrogens with two attached hydrogens (primary N) is 1. The summed E-state index contributed by atoms with van der Waals surface area (Å²) in [6, 6.07) is 1.49. The Hall–Kier alpha value is -5.55. The molecule has 18 heteroatoms. The summed E-state index contributed by atoms with van der Waals surface area (Å²) < 4.78 is 0. The first-order chi connectivity index (χ1) is 20.4. The van der Waals surface area contributed by atoms with Gasteiger partial charge < -0.3 is 41.9 Å². The molecule has 0 spiro atoms. The normalized spacial score (nSPS) is 18.9. The Kier molecular flexibility index (Phi) is 10.7. The Morgan fingerprint density at radius 2 is 1.65 bits per heavy atom. The second-order valence-electron chi connectivity index (χ2n) is 9.55. The Labute approximate surface area is 243 Å². The number of amides is 4. The molecule has 2 aliphatic rings. The van der Waals surface area contributed by atoms with Gasteiger partial charge in [-0.1, -0.05) is 0 Å². The SMILES string of the molecule is NC1=NC2=NC[C@H](CNc3ccc(C(=O)N[C@@H](CCC(=O)N[C@@H](CCC(=O)O)C(=O)O)C(=O)O)cc3)N(C=O)C2C(=O)N1. The maximum atomic E-state index is 12.7. The number of hydrogen-bond donors (Lipinski definition) is 8. The van der Waals surface area contributed by atoms with Gasteiger partial charge >= 0.3 is 17.9 Å². The summed E-state index contributed by atoms with van der Waals surface area (Å²) in [5.41, 5.74) is 6.20. The third-order valence-corrected chi connectivity index (χ3v) is 6.52. The number of carbonyl (C=O) groups is 7. The van der Waals surface area contributed by atoms with E-state index >= 15 is 0 Å². The van der Waals surface area contributed by atoms with Crippen molar-refractivity contribution in [3.63, 3.8) is 0 Å². The van der Waals surface area contributed by atoms with Gasteiger partial charge in [0, 0.05) is 30.6 Å². The van der Waals surface area contributed by atoms with Crippen molar-refractivity contribution < 1.29 is 48.9 Å². The number of nitrogens with zero attached hydrogens (tertiary/aromatic N) is 3. The molecule has 1 aromatic carbocycles. The number of guanidine groups is 1. The van der Waals surface area contributed by atoms with Crippen molar-refractivity contribution in [2.24, 2.45) is 15.7 Å². The quantitative estimate of drug-likeness (QED) is 0.0971. The maximum absolute atomic E-state index is 12.7. The number of aliphatic imine (C=N–C) groups is 2. The van der Waals surface area contributed by atoms with Gasteiger partial charge in [-0.05, 0) is 37.1 Å². The lowest BCUT2D eigenvalue weighted by Gasteiger charge is -2.38. The van der Waals surface area contributed by atoms with Crippen molar-refractivity contribution in [3.05, 3.63) is 29.8 Å². The highest BCUT2D eigenvalue weighted by atomic mass is 16.4. The first-order valence-corrected chi connectivity index (χ1v) is 12.9. The highest BCUT2D eigenvalue weighted by Gasteiger charge is 2.40. The van der Waals surface area contributed by atoms with Crippen molar-refractivity contribution in [3.8, 4) is 0 Å². The summed E-state index contributed by atoms with van der Waals surface area (Å²) >= 11 is 0. The Morgan fingerprint density at radius 1 is 1.02 bits per heavy atom. The number of rotatable bonds is 15. The van der Waals surface area contributed by atoms with E-state index in [2.05, 4.69) is 31.3 Å². The number of nitrogens with one attached hydrogen (secondary N) is 4. The number of carboxylic acids is 3. The van der Waals surface area contributed by atoms with Gasteiger partial charge in [0.2, 0.25) is 18.3 Å². The van der Waals surface area contributed by atoms with Crippen LogP contribution < -0.4 is 27.0 Å². The number of benzene rings is 1. The van der Waals surface area contributed by atoms with Crippen molar-refractivity contribution in [2.75, 3.05) is 18.4 Å². The molecule has 43 heavy (non-hydrogen) atoms. The fraction of sp³-hybridized carbons (Fsp3) is 0.400. The molecule has 230 valence electrons. The average Bonchev–Trinajstić information content (AvgIpc) is 2.95. The topological polar surface area (TPSA) is 282 Å². The summed E-state index contributed by atoms with van der Waals surface area (Å²) in [7, 11) is 0. The van der Waals surface area contributed by atoms with Crippen LogP contribution in [-0.4, -0.2) is 111 Å². The molecule has 0 saturated carbocycles. The van der Waals surface area contributed by atoms with Gasteiger partial charge in [-0.3, -0.25) is 34.3 Å². The Bertz CT molecular complexity index is 1350. The number of fused-ring (bicyclic) bond motifs is 1. The smallest absolute Gasteiger partial charge is 0.326 e. The highest BCUT2D eigenvalue weighted by molar-refractivity contribution is 6.20. The molecule has 0 saturated heterocycles. The molecule has 2 aliphatic heterocycles. The molecule has 2 heterocycles. The second kappa shape index (κ2) is 14.4. The molecular formula is C25H30N8O10. The van der Waals surface area contributed by atoms with Crippen molar-refractivity contribution in [2.45, 2.75) is 49.9 Å². The minimum atomic E-state index is -1.47. The van der Waals surface area contributed by atoms with Crippen molar-refractivity contribution >= 4 is 59.5 Å². The molecule has 9 N–H and O–H groups in total. The third-order valence-electron chi connectivity index (χ3n) is 6.52. The van der Waals surface area contributed by atoms with Gasteiger partial charge in [-0.15, -0.1) is 0 Å². The molecule has 4 amide bonds. The molecule has 4 atom stereocenters. The van der Waals surface area contributed by atoms with E-state index < -0.39 is 72.6 Å². The summed E-state index contributed by atoms with van der Waals surface area (Å²) in [4.78, 5) is 92.0. The first-order valence-electron chi connectivity index (χ1n) is 12.9. The van der Waals surface area contributed by atoms with Crippen LogP contribution in [0.1, 0.15) is 36.0 Å². The van der Waals surface area contributed by atoms with Gasteiger partial charge in [-0.25, -0.2) is 9.59 Å². The van der Waals surface area contributed by atoms with Crippen LogP contribution in [0.25, 0.3) is 0 Å². The van der Waals surface area contributed by atoms with E-state index in [0.29, 0.717) is 12.1 Å². The predicted molar refractivity (Wildman–Crippen MR) is 147 cm³/mol. The van der Waals surface area contributed by atoms with Gasteiger partial charge in [-0.2, -0.15) is 4.99 Å². The summed E-state index contributed by atoms with van der Waals surface area (Å²) in [5.74, 6) is -6.15. The number of aliphatic carboxylic acids is 3. The van der Waals surface area contributed by atoms with Crippen molar-refractivity contribution in [1.29, 1.82) is 0 Å². The number of anilines is 1. The monoisotopic (exact) mass is 602 g/mol. The lowest BCUT2D eigenvalue weighted by Crippen LogP contribution is -2.63. The van der Waals surface area contributed by atoms with E-state index in [1.165, 1.54) is 17.0 Å². The van der Waals surface area contributed by atoms with Gasteiger partial charge in [0.15, 0.2) is 11.9 Å². The zero-order valence-corrected chi connectivity index (χ0v) is 22.6. The number of amidine groups is 1. The zero-order valence-electron chi connectivity index (χ0n) is 22.6. The molecular weight excluding hydrogens is 572 g/mol. The van der Waals surface area contributed by atoms with Crippen LogP contribution >= 0.6 is 0 Å². The van der Waals surface area contributed by atoms with Crippen LogP contribution in [0.2, 0.25) is 0 Å². The third kappa shape index (κ3) is 8.72. The maximum Gasteiger partial charge on any atom is 0.326 e. The van der Waals surface area contributed by atoms with Crippen molar-refractivity contribution in [1.82, 2.24) is 20.9 Å². The minimum absolute atomic E-state index is 0.106. The summed E-state index contributed by atoms with van der Waals surface area (Å²) in [6.45, 7) is 0.363. The Balaban J connectivity index is 1.53. The minimum Gasteiger partial charge on any atom is -0.481 e. The van der Waals surface area contributed by atoms with E-state index in [-0.39, 0.29) is 43.3 Å². The highest BCUT2D eigenvalue weighted by Crippen LogP contribution is 2.18. The fourth-order valence-electron chi connectivity index (χ4n) is 4.28. The van der Waals surface area contributed by atoms with Gasteiger partial charge in [0.25, 0.3) is 11.8 Å². The van der Waals surface area contributed by atoms with Crippen LogP contribution in [0.4, 0.5) is 5.69 Å². The van der Waals surface area contributed by atoms with Gasteiger partial charge in [0.05, 0.1) is 12.6 Å². The average molecular weight is 603 g/mol. The molecule has 1 aromatic rings. The molecule has 1 unspecified atom stereocenters. The van der Waals surface area contributed by atoms with Crippen LogP contribution in [0.5, 0.6) is 0 Å². The van der Waals surface area contributed by atoms with Crippen LogP contribution in [0.3, 0.4) is 0 Å². The lowest BCUT2D eigenvalue weighted by molar-refractivity contribution is -0.143. The van der Waals surface area contributed by atoms with Crippen LogP contribution in [0.15, 0.2) is 34.3 Å². The lowest BCUT2D eigenvalue weighted by atomic mass is 10.1. The molecule has 0 bridgehead atoms. The first kappa shape index (κ1) is 32.0. The van der Waals surface area contributed by atoms with E-state index in [4.69, 9.17) is 15.9 Å². The largest absolute Gasteiger partial charge is 0.481 e. The fourth-order valence-corrected chi connectivity index (χ4v) is 4.28. The van der Waals surface area contributed by atoms with E-state index in [9.17, 15) is 38.7 Å². The van der Waals surface area contributed by atoms with Gasteiger partial charge in [0.1, 0.15) is 12.1 Å². The number of carbonyl (C=O) groups excluding carboxylic acids is 4. The summed E-state index contributed by atoms with van der Waals surface area (Å²) in [6.07, 6.45) is -1.11. The molecule has 0 radical (unpaired) electrons. The molecule has 0 aromatic heterocycles. The second-order valence-corrected chi connectivity index (χ2v) is 9.55. The van der Waals surface area contributed by atoms with Crippen LogP contribution in [-0.2, 0) is 28.8 Å². The summed E-state index contributed by atoms with van der Waals surface area (Å²) in [5, 5.41) is 37.2. The molecule has 18 nitrogen and oxygen atoms in total. The zero-order chi connectivity index (χ0) is 31.7. The molecule has 0 fully saturated rings. The number of hydrogen-bond acceptors (Lipinski definition) is 11. The van der Waals surface area contributed by atoms with E-state index in [1.807, 2.05) is 0 Å². The Morgan fingerprint density at radius 3 is 2.26 bits per heavy atom. The van der Waals surface area contributed by atoms with E-state index in [1.54, 1.807) is 12.1 Å².